The molecule has 1 aromatic heterocycles. The zero-order valence-corrected chi connectivity index (χ0v) is 17.2. The summed E-state index contributed by atoms with van der Waals surface area (Å²) in [6, 6.07) is 21.2. The number of ether oxygens (including phenoxy) is 2. The molecule has 31 heavy (non-hydrogen) atoms. The van der Waals surface area contributed by atoms with E-state index < -0.39 is 0 Å². The number of carbonyl (C=O) groups excluding carboxylic acids is 1. The second-order valence-corrected chi connectivity index (χ2v) is 7.65. The zero-order valence-electron chi connectivity index (χ0n) is 17.2. The Bertz CT molecular complexity index is 1070. The molecule has 0 bridgehead atoms. The normalized spacial score (nSPS) is 15.7. The number of anilines is 2. The lowest BCUT2D eigenvalue weighted by Gasteiger charge is -2.35. The number of aromatic nitrogens is 1. The molecule has 0 aliphatic carbocycles. The van der Waals surface area contributed by atoms with Crippen molar-refractivity contribution in [3.05, 3.63) is 78.0 Å². The van der Waals surface area contributed by atoms with Gasteiger partial charge in [-0.1, -0.05) is 30.3 Å². The van der Waals surface area contributed by atoms with Crippen LogP contribution in [0.5, 0.6) is 11.5 Å². The van der Waals surface area contributed by atoms with Gasteiger partial charge in [0.15, 0.2) is 11.5 Å². The van der Waals surface area contributed by atoms with Crippen LogP contribution in [0.3, 0.4) is 0 Å². The van der Waals surface area contributed by atoms with Crippen molar-refractivity contribution in [2.24, 2.45) is 0 Å². The van der Waals surface area contributed by atoms with Gasteiger partial charge < -0.3 is 19.7 Å². The second-order valence-electron chi connectivity index (χ2n) is 7.65. The SMILES string of the molecule is O=C(Nc1ccccc1)c1cccc(N2CCN(Cc3ccc4c(c3)OCO4)CC2)n1. The summed E-state index contributed by atoms with van der Waals surface area (Å²) in [5.74, 6) is 2.28. The van der Waals surface area contributed by atoms with Crippen LogP contribution in [0.1, 0.15) is 16.1 Å². The minimum absolute atomic E-state index is 0.200. The van der Waals surface area contributed by atoms with Gasteiger partial charge in [-0.3, -0.25) is 9.69 Å². The number of carbonyl (C=O) groups is 1. The van der Waals surface area contributed by atoms with Crippen LogP contribution in [0.25, 0.3) is 0 Å². The van der Waals surface area contributed by atoms with Crippen molar-refractivity contribution in [2.45, 2.75) is 6.54 Å². The van der Waals surface area contributed by atoms with Crippen LogP contribution in [-0.2, 0) is 6.54 Å². The standard InChI is InChI=1S/C24H24N4O3/c29-24(25-19-5-2-1-3-6-19)20-7-4-8-23(26-20)28-13-11-27(12-14-28)16-18-9-10-21-22(15-18)31-17-30-21/h1-10,15H,11-14,16-17H2,(H,25,29). The summed E-state index contributed by atoms with van der Waals surface area (Å²) in [7, 11) is 0. The maximum atomic E-state index is 12.6. The number of hydrogen-bond donors (Lipinski definition) is 1. The number of pyridine rings is 1. The molecule has 3 heterocycles. The van der Waals surface area contributed by atoms with E-state index in [4.69, 9.17) is 9.47 Å². The van der Waals surface area contributed by atoms with Gasteiger partial charge in [-0.05, 0) is 42.0 Å². The van der Waals surface area contributed by atoms with E-state index in [0.29, 0.717) is 12.5 Å². The van der Waals surface area contributed by atoms with E-state index in [1.165, 1.54) is 5.56 Å². The third-order valence-corrected chi connectivity index (χ3v) is 5.54. The maximum absolute atomic E-state index is 12.6. The van der Waals surface area contributed by atoms with Gasteiger partial charge in [0.2, 0.25) is 6.79 Å². The number of para-hydroxylation sites is 1. The molecule has 7 heteroatoms. The molecule has 3 aromatic rings. The molecular formula is C24H24N4O3. The van der Waals surface area contributed by atoms with E-state index >= 15 is 0 Å². The lowest BCUT2D eigenvalue weighted by Crippen LogP contribution is -2.46. The molecule has 0 spiro atoms. The lowest BCUT2D eigenvalue weighted by atomic mass is 10.1. The number of rotatable bonds is 5. The van der Waals surface area contributed by atoms with Gasteiger partial charge in [0.1, 0.15) is 11.5 Å². The van der Waals surface area contributed by atoms with Crippen LogP contribution >= 0.6 is 0 Å². The van der Waals surface area contributed by atoms with Gasteiger partial charge in [-0.15, -0.1) is 0 Å². The number of fused-ring (bicyclic) bond motifs is 1. The van der Waals surface area contributed by atoms with Gasteiger partial charge >= 0.3 is 0 Å². The molecule has 1 N–H and O–H groups in total. The first-order valence-corrected chi connectivity index (χ1v) is 10.4. The molecule has 0 unspecified atom stereocenters. The molecule has 1 saturated heterocycles. The Kier molecular flexibility index (Phi) is 5.41. The molecule has 0 atom stereocenters. The van der Waals surface area contributed by atoms with Gasteiger partial charge in [0, 0.05) is 38.4 Å². The molecule has 2 aromatic carbocycles. The predicted molar refractivity (Wildman–Crippen MR) is 119 cm³/mol. The topological polar surface area (TPSA) is 66.9 Å². The lowest BCUT2D eigenvalue weighted by molar-refractivity contribution is 0.102. The van der Waals surface area contributed by atoms with Crippen molar-refractivity contribution >= 4 is 17.4 Å². The Hall–Kier alpha value is -3.58. The van der Waals surface area contributed by atoms with Crippen molar-refractivity contribution in [3.8, 4) is 11.5 Å². The van der Waals surface area contributed by atoms with Crippen LogP contribution in [0.2, 0.25) is 0 Å². The van der Waals surface area contributed by atoms with Gasteiger partial charge in [0.25, 0.3) is 5.91 Å². The van der Waals surface area contributed by atoms with E-state index in [1.54, 1.807) is 6.07 Å². The highest BCUT2D eigenvalue weighted by molar-refractivity contribution is 6.03. The fraction of sp³-hybridized carbons (Fsp3) is 0.250. The molecular weight excluding hydrogens is 392 g/mol. The largest absolute Gasteiger partial charge is 0.454 e. The number of nitrogens with one attached hydrogen (secondary N) is 1. The molecule has 2 aliphatic heterocycles. The highest BCUT2D eigenvalue weighted by Crippen LogP contribution is 2.33. The minimum Gasteiger partial charge on any atom is -0.454 e. The molecule has 2 aliphatic rings. The summed E-state index contributed by atoms with van der Waals surface area (Å²) in [4.78, 5) is 21.8. The van der Waals surface area contributed by atoms with Crippen molar-refractivity contribution in [3.63, 3.8) is 0 Å². The first-order valence-electron chi connectivity index (χ1n) is 10.4. The predicted octanol–water partition coefficient (Wildman–Crippen LogP) is 3.38. The monoisotopic (exact) mass is 416 g/mol. The summed E-state index contributed by atoms with van der Waals surface area (Å²) < 4.78 is 10.9. The Balaban J connectivity index is 1.19. The Morgan fingerprint density at radius 3 is 2.55 bits per heavy atom. The van der Waals surface area contributed by atoms with E-state index in [2.05, 4.69) is 32.2 Å². The highest BCUT2D eigenvalue weighted by Gasteiger charge is 2.20. The Labute approximate surface area is 181 Å². The fourth-order valence-corrected chi connectivity index (χ4v) is 3.88. The number of hydrogen-bond acceptors (Lipinski definition) is 6. The van der Waals surface area contributed by atoms with Crippen LogP contribution < -0.4 is 19.7 Å². The van der Waals surface area contributed by atoms with Gasteiger partial charge in [-0.2, -0.15) is 0 Å². The molecule has 7 nitrogen and oxygen atoms in total. The third kappa shape index (κ3) is 4.46. The molecule has 158 valence electrons. The van der Waals surface area contributed by atoms with Crippen LogP contribution in [0.4, 0.5) is 11.5 Å². The van der Waals surface area contributed by atoms with Crippen molar-refractivity contribution in [2.75, 3.05) is 43.2 Å². The van der Waals surface area contributed by atoms with Crippen molar-refractivity contribution < 1.29 is 14.3 Å². The van der Waals surface area contributed by atoms with E-state index in [0.717, 1.165) is 55.7 Å². The number of benzene rings is 2. The fourth-order valence-electron chi connectivity index (χ4n) is 3.88. The minimum atomic E-state index is -0.200. The van der Waals surface area contributed by atoms with E-state index in [-0.39, 0.29) is 5.91 Å². The first kappa shape index (κ1) is 19.4. The smallest absolute Gasteiger partial charge is 0.274 e. The maximum Gasteiger partial charge on any atom is 0.274 e. The number of nitrogens with zero attached hydrogens (tertiary/aromatic N) is 3. The quantitative estimate of drug-likeness (QED) is 0.688. The zero-order chi connectivity index (χ0) is 21.0. The van der Waals surface area contributed by atoms with E-state index in [1.807, 2.05) is 48.5 Å². The summed E-state index contributed by atoms with van der Waals surface area (Å²) in [5, 5.41) is 2.89. The third-order valence-electron chi connectivity index (χ3n) is 5.54. The van der Waals surface area contributed by atoms with Crippen LogP contribution in [-0.4, -0.2) is 48.8 Å². The van der Waals surface area contributed by atoms with Crippen molar-refractivity contribution in [1.29, 1.82) is 0 Å². The van der Waals surface area contributed by atoms with Crippen LogP contribution in [0.15, 0.2) is 66.7 Å². The second kappa shape index (κ2) is 8.65. The molecule has 0 saturated carbocycles. The molecule has 5 rings (SSSR count). The average molecular weight is 416 g/mol. The van der Waals surface area contributed by atoms with Crippen LogP contribution in [0, 0.1) is 0 Å². The summed E-state index contributed by atoms with van der Waals surface area (Å²) in [5.41, 5.74) is 2.40. The summed E-state index contributed by atoms with van der Waals surface area (Å²) >= 11 is 0. The highest BCUT2D eigenvalue weighted by atomic mass is 16.7. The van der Waals surface area contributed by atoms with Crippen molar-refractivity contribution in [1.82, 2.24) is 9.88 Å². The summed E-state index contributed by atoms with van der Waals surface area (Å²) in [6.45, 7) is 4.75. The number of amides is 1. The molecule has 0 radical (unpaired) electrons. The Morgan fingerprint density at radius 2 is 1.71 bits per heavy atom. The summed E-state index contributed by atoms with van der Waals surface area (Å²) in [6.07, 6.45) is 0. The Morgan fingerprint density at radius 1 is 0.903 bits per heavy atom. The average Bonchev–Trinajstić information content (AvgIpc) is 3.28. The molecule has 1 fully saturated rings. The van der Waals surface area contributed by atoms with Gasteiger partial charge in [-0.25, -0.2) is 4.98 Å². The van der Waals surface area contributed by atoms with E-state index in [9.17, 15) is 4.79 Å². The number of piperazine rings is 1. The first-order chi connectivity index (χ1) is 15.2. The van der Waals surface area contributed by atoms with Gasteiger partial charge in [0.05, 0.1) is 0 Å². The molecule has 1 amide bonds.